The molecule has 8 nitrogen and oxygen atoms in total. The summed E-state index contributed by atoms with van der Waals surface area (Å²) in [7, 11) is 7.98. The standard InChI is InChI=1S/C22H28N4O4.HI/c1-23-22(24-13-15-6-9-17(10-7-15)20(27)26(2)3)25-14-16-8-11-19(29-4)18(12-16)21(28)30-5;/h6-12H,13-14H2,1-5H3,(H2,23,24,25);1H. The lowest BCUT2D eigenvalue weighted by Crippen LogP contribution is -2.36. The van der Waals surface area contributed by atoms with Crippen LogP contribution in [0.4, 0.5) is 0 Å². The van der Waals surface area contributed by atoms with Crippen LogP contribution in [-0.4, -0.2) is 58.1 Å². The minimum atomic E-state index is -0.451. The van der Waals surface area contributed by atoms with Crippen molar-refractivity contribution in [2.24, 2.45) is 4.99 Å². The van der Waals surface area contributed by atoms with Crippen molar-refractivity contribution >= 4 is 41.8 Å². The Kier molecular flexibility index (Phi) is 10.8. The van der Waals surface area contributed by atoms with E-state index in [0.29, 0.717) is 35.9 Å². The first-order chi connectivity index (χ1) is 14.4. The molecule has 0 saturated carbocycles. The van der Waals surface area contributed by atoms with Gasteiger partial charge in [0.05, 0.1) is 14.2 Å². The van der Waals surface area contributed by atoms with E-state index >= 15 is 0 Å². The Balaban J connectivity index is 0.00000480. The van der Waals surface area contributed by atoms with E-state index in [1.54, 1.807) is 50.3 Å². The molecule has 0 fully saturated rings. The highest BCUT2D eigenvalue weighted by Gasteiger charge is 2.13. The number of nitrogens with zero attached hydrogens (tertiary/aromatic N) is 2. The van der Waals surface area contributed by atoms with Gasteiger partial charge in [-0.15, -0.1) is 24.0 Å². The summed E-state index contributed by atoms with van der Waals surface area (Å²) in [6.45, 7) is 1.01. The quantitative estimate of drug-likeness (QED) is 0.243. The smallest absolute Gasteiger partial charge is 0.341 e. The summed E-state index contributed by atoms with van der Waals surface area (Å²) >= 11 is 0. The van der Waals surface area contributed by atoms with Crippen molar-refractivity contribution in [1.82, 2.24) is 15.5 Å². The number of rotatable bonds is 7. The molecule has 0 saturated heterocycles. The summed E-state index contributed by atoms with van der Waals surface area (Å²) < 4.78 is 10.0. The highest BCUT2D eigenvalue weighted by molar-refractivity contribution is 14.0. The van der Waals surface area contributed by atoms with Crippen molar-refractivity contribution < 1.29 is 19.1 Å². The Bertz CT molecular complexity index is 914. The van der Waals surface area contributed by atoms with Gasteiger partial charge in [-0.2, -0.15) is 0 Å². The fraction of sp³-hybridized carbons (Fsp3) is 0.318. The number of amides is 1. The summed E-state index contributed by atoms with van der Waals surface area (Å²) in [4.78, 5) is 29.6. The lowest BCUT2D eigenvalue weighted by molar-refractivity contribution is 0.0596. The van der Waals surface area contributed by atoms with Crippen LogP contribution < -0.4 is 15.4 Å². The first-order valence-electron chi connectivity index (χ1n) is 9.40. The van der Waals surface area contributed by atoms with Crippen LogP contribution >= 0.6 is 24.0 Å². The molecule has 168 valence electrons. The second kappa shape index (κ2) is 12.8. The number of carbonyl (C=O) groups excluding carboxylic acids is 2. The molecule has 0 radical (unpaired) electrons. The average molecular weight is 540 g/mol. The van der Waals surface area contributed by atoms with Crippen LogP contribution in [-0.2, 0) is 17.8 Å². The van der Waals surface area contributed by atoms with Gasteiger partial charge < -0.3 is 25.0 Å². The van der Waals surface area contributed by atoms with Crippen LogP contribution in [0.25, 0.3) is 0 Å². The zero-order valence-corrected chi connectivity index (χ0v) is 20.7. The minimum Gasteiger partial charge on any atom is -0.496 e. The monoisotopic (exact) mass is 540 g/mol. The van der Waals surface area contributed by atoms with Crippen LogP contribution in [0.5, 0.6) is 5.75 Å². The predicted octanol–water partition coefficient (Wildman–Crippen LogP) is 2.67. The van der Waals surface area contributed by atoms with E-state index < -0.39 is 5.97 Å². The van der Waals surface area contributed by atoms with Gasteiger partial charge in [-0.25, -0.2) is 4.79 Å². The number of carbonyl (C=O) groups is 2. The van der Waals surface area contributed by atoms with Gasteiger partial charge in [-0.1, -0.05) is 18.2 Å². The molecule has 31 heavy (non-hydrogen) atoms. The average Bonchev–Trinajstić information content (AvgIpc) is 2.78. The van der Waals surface area contributed by atoms with Gasteiger partial charge in [-0.3, -0.25) is 9.79 Å². The van der Waals surface area contributed by atoms with Crippen molar-refractivity contribution in [1.29, 1.82) is 0 Å². The third-order valence-corrected chi connectivity index (χ3v) is 4.42. The molecule has 0 heterocycles. The molecule has 1 amide bonds. The Labute approximate surface area is 200 Å². The second-order valence-electron chi connectivity index (χ2n) is 6.70. The molecule has 0 aromatic heterocycles. The van der Waals surface area contributed by atoms with Crippen molar-refractivity contribution in [2.75, 3.05) is 35.4 Å². The Morgan fingerprint density at radius 2 is 1.55 bits per heavy atom. The zero-order valence-electron chi connectivity index (χ0n) is 18.4. The van der Waals surface area contributed by atoms with E-state index in [1.807, 2.05) is 18.2 Å². The summed E-state index contributed by atoms with van der Waals surface area (Å²) in [6.07, 6.45) is 0. The number of benzene rings is 2. The van der Waals surface area contributed by atoms with E-state index in [0.717, 1.165) is 11.1 Å². The molecule has 2 rings (SSSR count). The first-order valence-corrected chi connectivity index (χ1v) is 9.40. The molecule has 0 aliphatic rings. The van der Waals surface area contributed by atoms with Gasteiger partial charge in [0.15, 0.2) is 5.96 Å². The number of guanidine groups is 1. The van der Waals surface area contributed by atoms with Crippen LogP contribution in [0, 0.1) is 0 Å². The lowest BCUT2D eigenvalue weighted by atomic mass is 10.1. The molecule has 0 aliphatic heterocycles. The molecule has 0 unspecified atom stereocenters. The van der Waals surface area contributed by atoms with Crippen LogP contribution in [0.15, 0.2) is 47.5 Å². The molecule has 2 N–H and O–H groups in total. The van der Waals surface area contributed by atoms with Gasteiger partial charge in [0.1, 0.15) is 11.3 Å². The van der Waals surface area contributed by atoms with Crippen LogP contribution in [0.3, 0.4) is 0 Å². The lowest BCUT2D eigenvalue weighted by Gasteiger charge is -2.14. The molecule has 0 aliphatic carbocycles. The van der Waals surface area contributed by atoms with E-state index in [1.165, 1.54) is 14.2 Å². The zero-order chi connectivity index (χ0) is 22.1. The summed E-state index contributed by atoms with van der Waals surface area (Å²) in [5, 5.41) is 6.43. The Morgan fingerprint density at radius 1 is 0.968 bits per heavy atom. The van der Waals surface area contributed by atoms with Gasteiger partial charge in [0.2, 0.25) is 0 Å². The summed E-state index contributed by atoms with van der Waals surface area (Å²) in [5.41, 5.74) is 2.91. The fourth-order valence-corrected chi connectivity index (χ4v) is 2.75. The highest BCUT2D eigenvalue weighted by Crippen LogP contribution is 2.20. The second-order valence-corrected chi connectivity index (χ2v) is 6.70. The molecule has 2 aromatic rings. The minimum absolute atomic E-state index is 0. The number of esters is 1. The SMILES string of the molecule is CN=C(NCc1ccc(C(=O)N(C)C)cc1)NCc1ccc(OC)c(C(=O)OC)c1.I. The van der Waals surface area contributed by atoms with Gasteiger partial charge in [0, 0.05) is 39.8 Å². The molecular weight excluding hydrogens is 511 g/mol. The maximum Gasteiger partial charge on any atom is 0.341 e. The number of aliphatic imine (C=N–C) groups is 1. The van der Waals surface area contributed by atoms with E-state index in [2.05, 4.69) is 15.6 Å². The number of methoxy groups -OCH3 is 2. The molecule has 9 heteroatoms. The van der Waals surface area contributed by atoms with Gasteiger partial charge in [0.25, 0.3) is 5.91 Å². The van der Waals surface area contributed by atoms with Crippen molar-refractivity contribution in [3.8, 4) is 5.75 Å². The molecular formula is C22H29IN4O4. The topological polar surface area (TPSA) is 92.3 Å². The molecule has 0 atom stereocenters. The molecule has 2 aromatic carbocycles. The van der Waals surface area contributed by atoms with Crippen molar-refractivity contribution in [3.05, 3.63) is 64.7 Å². The Hall–Kier alpha value is -2.82. The highest BCUT2D eigenvalue weighted by atomic mass is 127. The number of hydrogen-bond donors (Lipinski definition) is 2. The van der Waals surface area contributed by atoms with Crippen LogP contribution in [0.1, 0.15) is 31.8 Å². The number of halogens is 1. The Morgan fingerprint density at radius 3 is 2.06 bits per heavy atom. The molecule has 0 spiro atoms. The maximum absolute atomic E-state index is 12.0. The maximum atomic E-state index is 12.0. The predicted molar refractivity (Wildman–Crippen MR) is 131 cm³/mol. The van der Waals surface area contributed by atoms with E-state index in [9.17, 15) is 9.59 Å². The van der Waals surface area contributed by atoms with Gasteiger partial charge in [-0.05, 0) is 35.4 Å². The third-order valence-electron chi connectivity index (χ3n) is 4.42. The molecule has 0 bridgehead atoms. The first kappa shape index (κ1) is 26.2. The number of nitrogens with one attached hydrogen (secondary N) is 2. The fourth-order valence-electron chi connectivity index (χ4n) is 2.75. The van der Waals surface area contributed by atoms with Crippen molar-refractivity contribution in [3.63, 3.8) is 0 Å². The van der Waals surface area contributed by atoms with Crippen LogP contribution in [0.2, 0.25) is 0 Å². The van der Waals surface area contributed by atoms with Gasteiger partial charge >= 0.3 is 5.97 Å². The third kappa shape index (κ3) is 7.42. The summed E-state index contributed by atoms with van der Waals surface area (Å²) in [6, 6.07) is 12.8. The largest absolute Gasteiger partial charge is 0.496 e. The number of ether oxygens (including phenoxy) is 2. The number of hydrogen-bond acceptors (Lipinski definition) is 5. The summed E-state index contributed by atoms with van der Waals surface area (Å²) in [5.74, 6) is 0.591. The normalized spacial score (nSPS) is 10.5. The van der Waals surface area contributed by atoms with Crippen molar-refractivity contribution in [2.45, 2.75) is 13.1 Å². The van der Waals surface area contributed by atoms with E-state index in [4.69, 9.17) is 9.47 Å². The van der Waals surface area contributed by atoms with E-state index in [-0.39, 0.29) is 29.9 Å².